The van der Waals surface area contributed by atoms with Crippen LogP contribution in [0.3, 0.4) is 0 Å². The van der Waals surface area contributed by atoms with Crippen molar-refractivity contribution >= 4 is 44.4 Å². The fraction of sp³-hybridized carbons (Fsp3) is 0.364. The minimum atomic E-state index is 0.246. The highest BCUT2D eigenvalue weighted by molar-refractivity contribution is 14.1. The fourth-order valence-electron chi connectivity index (χ4n) is 1.69. The third-order valence-corrected chi connectivity index (χ3v) is 3.79. The van der Waals surface area contributed by atoms with E-state index in [4.69, 9.17) is 0 Å². The lowest BCUT2D eigenvalue weighted by atomic mass is 10.2. The number of carbonyl (C=O) groups is 1. The second-order valence-corrected chi connectivity index (χ2v) is 6.24. The van der Waals surface area contributed by atoms with Gasteiger partial charge in [-0.1, -0.05) is 28.1 Å². The minimum Gasteiger partial charge on any atom is -0.337 e. The first-order chi connectivity index (χ1) is 7.15. The molecule has 1 unspecified atom stereocenters. The minimum absolute atomic E-state index is 0.246. The number of halogens is 2. The van der Waals surface area contributed by atoms with E-state index in [0.717, 1.165) is 13.1 Å². The predicted octanol–water partition coefficient (Wildman–Crippen LogP) is 2.79. The third kappa shape index (κ3) is 2.93. The predicted molar refractivity (Wildman–Crippen MR) is 71.9 cm³/mol. The van der Waals surface area contributed by atoms with Crippen molar-refractivity contribution in [2.75, 3.05) is 6.54 Å². The van der Waals surface area contributed by atoms with Gasteiger partial charge in [0, 0.05) is 27.9 Å². The standard InChI is InChI=1S/C11H11BrINO/c12-9-5-11(15)14(7-9)6-8-1-3-10(13)4-2-8/h1-4,9H,5-7H2. The molecule has 2 rings (SSSR count). The van der Waals surface area contributed by atoms with Gasteiger partial charge in [-0.15, -0.1) is 0 Å². The van der Waals surface area contributed by atoms with E-state index >= 15 is 0 Å². The van der Waals surface area contributed by atoms with Crippen LogP contribution in [0.5, 0.6) is 0 Å². The summed E-state index contributed by atoms with van der Waals surface area (Å²) >= 11 is 5.76. The Morgan fingerprint density at radius 3 is 2.60 bits per heavy atom. The zero-order valence-corrected chi connectivity index (χ0v) is 11.9. The largest absolute Gasteiger partial charge is 0.337 e. The van der Waals surface area contributed by atoms with Gasteiger partial charge in [0.1, 0.15) is 0 Å². The molecule has 15 heavy (non-hydrogen) atoms. The van der Waals surface area contributed by atoms with Crippen molar-refractivity contribution in [3.8, 4) is 0 Å². The lowest BCUT2D eigenvalue weighted by Crippen LogP contribution is -2.24. The summed E-state index contributed by atoms with van der Waals surface area (Å²) in [5, 5.41) is 0. The molecule has 1 aliphatic rings. The highest BCUT2D eigenvalue weighted by atomic mass is 127. The van der Waals surface area contributed by atoms with Gasteiger partial charge < -0.3 is 4.90 Å². The van der Waals surface area contributed by atoms with Gasteiger partial charge in [-0.3, -0.25) is 4.79 Å². The first-order valence-electron chi connectivity index (χ1n) is 4.81. The molecule has 1 saturated heterocycles. The second kappa shape index (κ2) is 4.82. The number of amides is 1. The van der Waals surface area contributed by atoms with Gasteiger partial charge in [0.2, 0.25) is 5.91 Å². The van der Waals surface area contributed by atoms with Crippen molar-refractivity contribution < 1.29 is 4.79 Å². The van der Waals surface area contributed by atoms with Crippen LogP contribution >= 0.6 is 38.5 Å². The Morgan fingerprint density at radius 1 is 1.40 bits per heavy atom. The Kier molecular flexibility index (Phi) is 3.66. The molecular weight excluding hydrogens is 369 g/mol. The molecule has 0 saturated carbocycles. The number of hydrogen-bond donors (Lipinski definition) is 0. The van der Waals surface area contributed by atoms with E-state index in [1.807, 2.05) is 4.90 Å². The number of rotatable bonds is 2. The summed E-state index contributed by atoms with van der Waals surface area (Å²) in [5.41, 5.74) is 1.20. The van der Waals surface area contributed by atoms with Crippen molar-refractivity contribution in [3.63, 3.8) is 0 Å². The van der Waals surface area contributed by atoms with Crippen LogP contribution in [-0.2, 0) is 11.3 Å². The van der Waals surface area contributed by atoms with Crippen LogP contribution in [0.1, 0.15) is 12.0 Å². The van der Waals surface area contributed by atoms with E-state index in [-0.39, 0.29) is 5.91 Å². The van der Waals surface area contributed by atoms with Crippen molar-refractivity contribution in [2.45, 2.75) is 17.8 Å². The summed E-state index contributed by atoms with van der Waals surface area (Å²) in [6.45, 7) is 1.56. The average molecular weight is 380 g/mol. The summed E-state index contributed by atoms with van der Waals surface area (Å²) in [5.74, 6) is 0.246. The van der Waals surface area contributed by atoms with Gasteiger partial charge in [-0.25, -0.2) is 0 Å². The molecule has 1 heterocycles. The van der Waals surface area contributed by atoms with E-state index in [2.05, 4.69) is 62.8 Å². The van der Waals surface area contributed by atoms with Gasteiger partial charge >= 0.3 is 0 Å². The summed E-state index contributed by atoms with van der Waals surface area (Å²) in [6, 6.07) is 8.30. The SMILES string of the molecule is O=C1CC(Br)CN1Cc1ccc(I)cc1. The Morgan fingerprint density at radius 2 is 2.07 bits per heavy atom. The van der Waals surface area contributed by atoms with E-state index in [0.29, 0.717) is 11.2 Å². The van der Waals surface area contributed by atoms with E-state index in [1.165, 1.54) is 9.13 Å². The molecule has 0 spiro atoms. The number of hydrogen-bond acceptors (Lipinski definition) is 1. The molecule has 2 nitrogen and oxygen atoms in total. The maximum Gasteiger partial charge on any atom is 0.224 e. The Balaban J connectivity index is 2.03. The van der Waals surface area contributed by atoms with Crippen LogP contribution in [0.15, 0.2) is 24.3 Å². The topological polar surface area (TPSA) is 20.3 Å². The number of alkyl halides is 1. The molecule has 0 aromatic heterocycles. The molecule has 0 bridgehead atoms. The van der Waals surface area contributed by atoms with Crippen LogP contribution in [-0.4, -0.2) is 22.2 Å². The maximum atomic E-state index is 11.6. The monoisotopic (exact) mass is 379 g/mol. The molecule has 1 amide bonds. The Hall–Kier alpha value is -0.100. The van der Waals surface area contributed by atoms with Crippen molar-refractivity contribution in [3.05, 3.63) is 33.4 Å². The van der Waals surface area contributed by atoms with Gasteiger partial charge in [0.15, 0.2) is 0 Å². The molecule has 1 fully saturated rings. The van der Waals surface area contributed by atoms with E-state index in [1.54, 1.807) is 0 Å². The molecule has 4 heteroatoms. The summed E-state index contributed by atoms with van der Waals surface area (Å²) in [4.78, 5) is 13.8. The number of carbonyl (C=O) groups excluding carboxylic acids is 1. The quantitative estimate of drug-likeness (QED) is 0.571. The molecule has 1 atom stereocenters. The van der Waals surface area contributed by atoms with Gasteiger partial charge in [-0.05, 0) is 40.3 Å². The summed E-state index contributed by atoms with van der Waals surface area (Å²) in [7, 11) is 0. The highest BCUT2D eigenvalue weighted by Gasteiger charge is 2.27. The number of benzene rings is 1. The average Bonchev–Trinajstić information content (AvgIpc) is 2.49. The van der Waals surface area contributed by atoms with Gasteiger partial charge in [0.25, 0.3) is 0 Å². The molecule has 1 aromatic carbocycles. The lowest BCUT2D eigenvalue weighted by molar-refractivity contribution is -0.128. The molecule has 0 radical (unpaired) electrons. The molecule has 0 aliphatic carbocycles. The number of nitrogens with zero attached hydrogens (tertiary/aromatic N) is 1. The molecular formula is C11H11BrINO. The van der Waals surface area contributed by atoms with E-state index < -0.39 is 0 Å². The highest BCUT2D eigenvalue weighted by Crippen LogP contribution is 2.20. The first kappa shape index (κ1) is 11.4. The van der Waals surface area contributed by atoms with Crippen LogP contribution in [0.4, 0.5) is 0 Å². The molecule has 1 aromatic rings. The van der Waals surface area contributed by atoms with Crippen molar-refractivity contribution in [2.24, 2.45) is 0 Å². The van der Waals surface area contributed by atoms with E-state index in [9.17, 15) is 4.79 Å². The Bertz CT molecular complexity index is 365. The summed E-state index contributed by atoms with van der Waals surface area (Å²) in [6.07, 6.45) is 0.629. The molecule has 80 valence electrons. The third-order valence-electron chi connectivity index (χ3n) is 2.45. The molecule has 0 N–H and O–H groups in total. The van der Waals surface area contributed by atoms with Gasteiger partial charge in [-0.2, -0.15) is 0 Å². The first-order valence-corrected chi connectivity index (χ1v) is 6.81. The van der Waals surface area contributed by atoms with Crippen LogP contribution < -0.4 is 0 Å². The van der Waals surface area contributed by atoms with Crippen LogP contribution in [0, 0.1) is 3.57 Å². The fourth-order valence-corrected chi connectivity index (χ4v) is 2.67. The summed E-state index contributed by atoms with van der Waals surface area (Å²) < 4.78 is 1.22. The van der Waals surface area contributed by atoms with Gasteiger partial charge in [0.05, 0.1) is 0 Å². The maximum absolute atomic E-state index is 11.6. The lowest BCUT2D eigenvalue weighted by Gasteiger charge is -2.15. The smallest absolute Gasteiger partial charge is 0.224 e. The molecule has 1 aliphatic heterocycles. The zero-order chi connectivity index (χ0) is 10.8. The zero-order valence-electron chi connectivity index (χ0n) is 8.12. The van der Waals surface area contributed by atoms with Crippen molar-refractivity contribution in [1.82, 2.24) is 4.90 Å². The van der Waals surface area contributed by atoms with Crippen molar-refractivity contribution in [1.29, 1.82) is 0 Å². The second-order valence-electron chi connectivity index (χ2n) is 3.70. The normalized spacial score (nSPS) is 21.1. The number of likely N-dealkylation sites (tertiary alicyclic amines) is 1. The van der Waals surface area contributed by atoms with Crippen LogP contribution in [0.25, 0.3) is 0 Å². The Labute approximate surface area is 111 Å². The van der Waals surface area contributed by atoms with Crippen LogP contribution in [0.2, 0.25) is 0 Å².